The molecule has 0 N–H and O–H groups in total. The van der Waals surface area contributed by atoms with Crippen LogP contribution in [0.25, 0.3) is 11.1 Å². The van der Waals surface area contributed by atoms with E-state index in [-0.39, 0.29) is 6.09 Å². The number of carbonyl (C=O) groups excluding carboxylic acids is 1. The lowest BCUT2D eigenvalue weighted by Gasteiger charge is -2.21. The summed E-state index contributed by atoms with van der Waals surface area (Å²) in [5.74, 6) is 1.65. The van der Waals surface area contributed by atoms with Crippen LogP contribution in [0.4, 0.5) is 10.5 Å². The summed E-state index contributed by atoms with van der Waals surface area (Å²) in [5, 5.41) is 0. The summed E-state index contributed by atoms with van der Waals surface area (Å²) in [7, 11) is 4.73. The van der Waals surface area contributed by atoms with Gasteiger partial charge in [-0.3, -0.25) is 4.90 Å². The van der Waals surface area contributed by atoms with Gasteiger partial charge < -0.3 is 18.9 Å². The van der Waals surface area contributed by atoms with Gasteiger partial charge in [-0.1, -0.05) is 11.6 Å². The SMILES string of the molecule is COc1ccc(-c2cc(C)ccc2N2CCOC2=O)c(OC)c1OC. The molecule has 25 heavy (non-hydrogen) atoms. The van der Waals surface area contributed by atoms with E-state index in [9.17, 15) is 4.79 Å². The molecule has 1 aliphatic heterocycles. The van der Waals surface area contributed by atoms with Crippen LogP contribution < -0.4 is 19.1 Å². The number of rotatable bonds is 5. The molecule has 1 aliphatic rings. The highest BCUT2D eigenvalue weighted by Gasteiger charge is 2.28. The van der Waals surface area contributed by atoms with E-state index < -0.39 is 0 Å². The van der Waals surface area contributed by atoms with Crippen LogP contribution in [0.15, 0.2) is 30.3 Å². The van der Waals surface area contributed by atoms with Gasteiger partial charge in [-0.15, -0.1) is 0 Å². The largest absolute Gasteiger partial charge is 0.493 e. The Morgan fingerprint density at radius 2 is 1.72 bits per heavy atom. The summed E-state index contributed by atoms with van der Waals surface area (Å²) in [6.45, 7) is 2.91. The van der Waals surface area contributed by atoms with E-state index in [2.05, 4.69) is 0 Å². The highest BCUT2D eigenvalue weighted by atomic mass is 16.6. The van der Waals surface area contributed by atoms with Crippen molar-refractivity contribution in [2.75, 3.05) is 39.4 Å². The van der Waals surface area contributed by atoms with Gasteiger partial charge in [0.1, 0.15) is 6.61 Å². The highest BCUT2D eigenvalue weighted by molar-refractivity contribution is 5.96. The van der Waals surface area contributed by atoms with Crippen LogP contribution in [0.3, 0.4) is 0 Å². The second-order valence-corrected chi connectivity index (χ2v) is 5.67. The van der Waals surface area contributed by atoms with Crippen molar-refractivity contribution in [1.29, 1.82) is 0 Å². The van der Waals surface area contributed by atoms with Crippen molar-refractivity contribution >= 4 is 11.8 Å². The Morgan fingerprint density at radius 1 is 0.960 bits per heavy atom. The van der Waals surface area contributed by atoms with E-state index in [1.807, 2.05) is 37.3 Å². The maximum atomic E-state index is 12.0. The zero-order chi connectivity index (χ0) is 18.0. The number of methoxy groups -OCH3 is 3. The van der Waals surface area contributed by atoms with Crippen molar-refractivity contribution in [2.24, 2.45) is 0 Å². The minimum absolute atomic E-state index is 0.343. The van der Waals surface area contributed by atoms with Crippen molar-refractivity contribution in [2.45, 2.75) is 6.92 Å². The van der Waals surface area contributed by atoms with Gasteiger partial charge in [-0.25, -0.2) is 4.79 Å². The molecule has 1 amide bonds. The van der Waals surface area contributed by atoms with E-state index in [0.717, 1.165) is 22.4 Å². The van der Waals surface area contributed by atoms with Crippen molar-refractivity contribution < 1.29 is 23.7 Å². The van der Waals surface area contributed by atoms with Gasteiger partial charge in [0.2, 0.25) is 5.75 Å². The zero-order valence-corrected chi connectivity index (χ0v) is 14.8. The van der Waals surface area contributed by atoms with Crippen LogP contribution in [0.5, 0.6) is 17.2 Å². The summed E-state index contributed by atoms with van der Waals surface area (Å²) >= 11 is 0. The number of hydrogen-bond donors (Lipinski definition) is 0. The fourth-order valence-corrected chi connectivity index (χ4v) is 3.03. The molecule has 6 heteroatoms. The van der Waals surface area contributed by atoms with Gasteiger partial charge in [-0.05, 0) is 31.2 Å². The van der Waals surface area contributed by atoms with Crippen LogP contribution in [-0.4, -0.2) is 40.6 Å². The summed E-state index contributed by atoms with van der Waals surface area (Å²) in [5.41, 5.74) is 3.54. The molecule has 1 fully saturated rings. The fourth-order valence-electron chi connectivity index (χ4n) is 3.03. The van der Waals surface area contributed by atoms with Crippen molar-refractivity contribution in [3.63, 3.8) is 0 Å². The molecule has 132 valence electrons. The van der Waals surface area contributed by atoms with Crippen LogP contribution >= 0.6 is 0 Å². The van der Waals surface area contributed by atoms with E-state index in [4.69, 9.17) is 18.9 Å². The molecule has 0 saturated carbocycles. The lowest BCUT2D eigenvalue weighted by molar-refractivity contribution is 0.181. The molecule has 0 aliphatic carbocycles. The number of aryl methyl sites for hydroxylation is 1. The van der Waals surface area contributed by atoms with Crippen LogP contribution in [0.2, 0.25) is 0 Å². The Hall–Kier alpha value is -2.89. The molecule has 1 heterocycles. The Labute approximate surface area is 146 Å². The van der Waals surface area contributed by atoms with E-state index >= 15 is 0 Å². The van der Waals surface area contributed by atoms with Crippen LogP contribution in [0.1, 0.15) is 5.56 Å². The monoisotopic (exact) mass is 343 g/mol. The van der Waals surface area contributed by atoms with Crippen LogP contribution in [0, 0.1) is 6.92 Å². The predicted molar refractivity (Wildman–Crippen MR) is 95.0 cm³/mol. The second kappa shape index (κ2) is 6.93. The first-order chi connectivity index (χ1) is 12.1. The van der Waals surface area contributed by atoms with Crippen molar-refractivity contribution in [3.05, 3.63) is 35.9 Å². The highest BCUT2D eigenvalue weighted by Crippen LogP contribution is 2.47. The summed E-state index contributed by atoms with van der Waals surface area (Å²) in [4.78, 5) is 13.7. The number of nitrogens with zero attached hydrogens (tertiary/aromatic N) is 1. The molecular formula is C19H21NO5. The number of anilines is 1. The van der Waals surface area contributed by atoms with Crippen molar-refractivity contribution in [3.8, 4) is 28.4 Å². The number of carbonyl (C=O) groups is 1. The molecule has 0 bridgehead atoms. The number of ether oxygens (including phenoxy) is 4. The van der Waals surface area contributed by atoms with E-state index in [1.54, 1.807) is 26.2 Å². The second-order valence-electron chi connectivity index (χ2n) is 5.67. The molecule has 0 atom stereocenters. The number of hydrogen-bond acceptors (Lipinski definition) is 5. The Balaban J connectivity index is 2.22. The number of cyclic esters (lactones) is 1. The summed E-state index contributed by atoms with van der Waals surface area (Å²) in [6, 6.07) is 9.64. The molecule has 2 aromatic rings. The maximum Gasteiger partial charge on any atom is 0.414 e. The molecule has 0 radical (unpaired) electrons. The zero-order valence-electron chi connectivity index (χ0n) is 14.8. The average molecular weight is 343 g/mol. The Morgan fingerprint density at radius 3 is 2.32 bits per heavy atom. The first kappa shape index (κ1) is 17.0. The lowest BCUT2D eigenvalue weighted by Crippen LogP contribution is -2.24. The topological polar surface area (TPSA) is 57.2 Å². The Kier molecular flexibility index (Phi) is 4.70. The minimum Gasteiger partial charge on any atom is -0.493 e. The lowest BCUT2D eigenvalue weighted by atomic mass is 9.99. The number of amides is 1. The summed E-state index contributed by atoms with van der Waals surface area (Å²) < 4.78 is 21.5. The number of benzene rings is 2. The first-order valence-corrected chi connectivity index (χ1v) is 7.95. The van der Waals surface area contributed by atoms with Gasteiger partial charge >= 0.3 is 6.09 Å². The third kappa shape index (κ3) is 2.95. The first-order valence-electron chi connectivity index (χ1n) is 7.95. The van der Waals surface area contributed by atoms with Gasteiger partial charge in [-0.2, -0.15) is 0 Å². The van der Waals surface area contributed by atoms with Gasteiger partial charge in [0.15, 0.2) is 11.5 Å². The smallest absolute Gasteiger partial charge is 0.414 e. The van der Waals surface area contributed by atoms with E-state index in [0.29, 0.717) is 30.4 Å². The van der Waals surface area contributed by atoms with Crippen LogP contribution in [-0.2, 0) is 4.74 Å². The fraction of sp³-hybridized carbons (Fsp3) is 0.316. The third-order valence-electron chi connectivity index (χ3n) is 4.20. The summed E-state index contributed by atoms with van der Waals surface area (Å²) in [6.07, 6.45) is -0.343. The molecule has 3 rings (SSSR count). The predicted octanol–water partition coefficient (Wildman–Crippen LogP) is 3.64. The quantitative estimate of drug-likeness (QED) is 0.829. The van der Waals surface area contributed by atoms with Gasteiger partial charge in [0, 0.05) is 11.1 Å². The Bertz CT molecular complexity index is 803. The van der Waals surface area contributed by atoms with Gasteiger partial charge in [0.05, 0.1) is 33.6 Å². The molecule has 1 saturated heterocycles. The normalized spacial score (nSPS) is 13.6. The van der Waals surface area contributed by atoms with Crippen molar-refractivity contribution in [1.82, 2.24) is 0 Å². The molecule has 2 aromatic carbocycles. The molecule has 0 spiro atoms. The molecular weight excluding hydrogens is 322 g/mol. The molecule has 0 aromatic heterocycles. The maximum absolute atomic E-state index is 12.0. The molecule has 0 unspecified atom stereocenters. The average Bonchev–Trinajstić information content (AvgIpc) is 3.05. The standard InChI is InChI=1S/C19H21NO5/c1-12-5-7-15(20-9-10-25-19(20)21)14(11-12)13-6-8-16(22-2)18(24-4)17(13)23-3/h5-8,11H,9-10H2,1-4H3. The third-order valence-corrected chi connectivity index (χ3v) is 4.20. The molecule has 6 nitrogen and oxygen atoms in total. The van der Waals surface area contributed by atoms with E-state index in [1.165, 1.54) is 0 Å². The minimum atomic E-state index is -0.343. The van der Waals surface area contributed by atoms with Gasteiger partial charge in [0.25, 0.3) is 0 Å².